The van der Waals surface area contributed by atoms with Crippen LogP contribution in [0.2, 0.25) is 0 Å². The first-order valence-corrected chi connectivity index (χ1v) is 8.80. The number of hydrogen-bond donors (Lipinski definition) is 2. The smallest absolute Gasteiger partial charge is 0.240 e. The van der Waals surface area contributed by atoms with E-state index in [1.807, 2.05) is 30.3 Å². The molecule has 2 aromatic rings. The molecule has 4 nitrogen and oxygen atoms in total. The molecule has 0 aliphatic heterocycles. The molecule has 0 atom stereocenters. The molecule has 0 unspecified atom stereocenters. The van der Waals surface area contributed by atoms with Gasteiger partial charge in [0, 0.05) is 6.54 Å². The number of fused-ring (bicyclic) bond motifs is 1. The van der Waals surface area contributed by atoms with Gasteiger partial charge in [0.15, 0.2) is 0 Å². The van der Waals surface area contributed by atoms with E-state index in [9.17, 15) is 8.42 Å². The van der Waals surface area contributed by atoms with Gasteiger partial charge in [0.2, 0.25) is 10.0 Å². The highest BCUT2D eigenvalue weighted by atomic mass is 32.2. The molecule has 0 aliphatic rings. The number of unbranched alkanes of at least 4 members (excludes halogenated alkanes) is 3. The van der Waals surface area contributed by atoms with Crippen molar-refractivity contribution in [2.45, 2.75) is 30.6 Å². The second-order valence-electron chi connectivity index (χ2n) is 5.11. The van der Waals surface area contributed by atoms with E-state index in [0.717, 1.165) is 36.5 Å². The fourth-order valence-corrected chi connectivity index (χ4v) is 3.36. The van der Waals surface area contributed by atoms with Gasteiger partial charge in [-0.05, 0) is 42.3 Å². The van der Waals surface area contributed by atoms with Crippen molar-refractivity contribution >= 4 is 20.8 Å². The lowest BCUT2D eigenvalue weighted by atomic mass is 10.1. The summed E-state index contributed by atoms with van der Waals surface area (Å²) in [4.78, 5) is 0.322. The summed E-state index contributed by atoms with van der Waals surface area (Å²) in [5.74, 6) is 0. The first-order chi connectivity index (χ1) is 10.1. The van der Waals surface area contributed by atoms with Gasteiger partial charge in [-0.2, -0.15) is 0 Å². The third-order valence-corrected chi connectivity index (χ3v) is 4.91. The van der Waals surface area contributed by atoms with Gasteiger partial charge < -0.3 is 5.73 Å². The number of nitrogens with two attached hydrogens (primary N) is 1. The zero-order chi connectivity index (χ0) is 15.1. The second-order valence-corrected chi connectivity index (χ2v) is 6.88. The molecule has 5 heteroatoms. The van der Waals surface area contributed by atoms with Crippen LogP contribution in [-0.4, -0.2) is 21.5 Å². The highest BCUT2D eigenvalue weighted by Crippen LogP contribution is 2.18. The monoisotopic (exact) mass is 306 g/mol. The van der Waals surface area contributed by atoms with Crippen LogP contribution in [-0.2, 0) is 10.0 Å². The molecule has 0 saturated carbocycles. The molecule has 2 rings (SSSR count). The van der Waals surface area contributed by atoms with Gasteiger partial charge in [-0.15, -0.1) is 0 Å². The zero-order valence-corrected chi connectivity index (χ0v) is 12.9. The van der Waals surface area contributed by atoms with Gasteiger partial charge in [0.1, 0.15) is 0 Å². The van der Waals surface area contributed by atoms with E-state index < -0.39 is 10.0 Å². The minimum Gasteiger partial charge on any atom is -0.330 e. The summed E-state index contributed by atoms with van der Waals surface area (Å²) in [6.07, 6.45) is 3.88. The second kappa shape index (κ2) is 7.54. The van der Waals surface area contributed by atoms with Crippen molar-refractivity contribution in [2.75, 3.05) is 13.1 Å². The Morgan fingerprint density at radius 2 is 1.62 bits per heavy atom. The van der Waals surface area contributed by atoms with Crippen LogP contribution in [0.1, 0.15) is 25.7 Å². The van der Waals surface area contributed by atoms with E-state index in [4.69, 9.17) is 5.73 Å². The average molecular weight is 306 g/mol. The summed E-state index contributed by atoms with van der Waals surface area (Å²) < 4.78 is 27.1. The molecule has 0 heterocycles. The maximum Gasteiger partial charge on any atom is 0.240 e. The molecule has 3 N–H and O–H groups in total. The van der Waals surface area contributed by atoms with Crippen molar-refractivity contribution in [3.05, 3.63) is 42.5 Å². The Balaban J connectivity index is 1.97. The summed E-state index contributed by atoms with van der Waals surface area (Å²) in [5.41, 5.74) is 5.42. The molecule has 0 bridgehead atoms. The van der Waals surface area contributed by atoms with E-state index in [-0.39, 0.29) is 0 Å². The Hall–Kier alpha value is -1.43. The standard InChI is InChI=1S/C16H22N2O2S/c17-11-5-1-2-6-12-18-21(19,20)16-10-9-14-7-3-4-8-15(14)13-16/h3-4,7-10,13,18H,1-2,5-6,11-12,17H2. The summed E-state index contributed by atoms with van der Waals surface area (Å²) in [6.45, 7) is 1.17. The average Bonchev–Trinajstić information content (AvgIpc) is 2.50. The third-order valence-electron chi connectivity index (χ3n) is 3.45. The molecule has 0 aromatic heterocycles. The van der Waals surface area contributed by atoms with Crippen molar-refractivity contribution in [1.29, 1.82) is 0 Å². The first-order valence-electron chi connectivity index (χ1n) is 7.32. The van der Waals surface area contributed by atoms with Crippen LogP contribution in [0, 0.1) is 0 Å². The van der Waals surface area contributed by atoms with Gasteiger partial charge in [-0.1, -0.05) is 43.2 Å². The molecule has 114 valence electrons. The molecular weight excluding hydrogens is 284 g/mol. The zero-order valence-electron chi connectivity index (χ0n) is 12.1. The van der Waals surface area contributed by atoms with Crippen LogP contribution in [0.25, 0.3) is 10.8 Å². The van der Waals surface area contributed by atoms with E-state index in [1.165, 1.54) is 0 Å². The van der Waals surface area contributed by atoms with Crippen molar-refractivity contribution in [1.82, 2.24) is 4.72 Å². The maximum absolute atomic E-state index is 12.2. The molecule has 0 spiro atoms. The predicted molar refractivity (Wildman–Crippen MR) is 86.7 cm³/mol. The Morgan fingerprint density at radius 3 is 2.38 bits per heavy atom. The number of benzene rings is 2. The van der Waals surface area contributed by atoms with Gasteiger partial charge in [0.05, 0.1) is 4.90 Å². The maximum atomic E-state index is 12.2. The lowest BCUT2D eigenvalue weighted by molar-refractivity contribution is 0.572. The molecule has 21 heavy (non-hydrogen) atoms. The van der Waals surface area contributed by atoms with Gasteiger partial charge in [-0.25, -0.2) is 13.1 Å². The highest BCUT2D eigenvalue weighted by Gasteiger charge is 2.13. The lowest BCUT2D eigenvalue weighted by Gasteiger charge is -2.08. The van der Waals surface area contributed by atoms with Crippen LogP contribution in [0.4, 0.5) is 0 Å². The SMILES string of the molecule is NCCCCCCNS(=O)(=O)c1ccc2ccccc2c1. The molecule has 0 amide bonds. The van der Waals surface area contributed by atoms with Gasteiger partial charge in [-0.3, -0.25) is 0 Å². The number of rotatable bonds is 8. The predicted octanol–water partition coefficient (Wildman–Crippen LogP) is 2.64. The largest absolute Gasteiger partial charge is 0.330 e. The van der Waals surface area contributed by atoms with E-state index in [2.05, 4.69) is 4.72 Å². The number of nitrogens with one attached hydrogen (secondary N) is 1. The summed E-state index contributed by atoms with van der Waals surface area (Å²) >= 11 is 0. The van der Waals surface area contributed by atoms with Crippen molar-refractivity contribution in [3.8, 4) is 0 Å². The molecule has 0 fully saturated rings. The Morgan fingerprint density at radius 1 is 0.905 bits per heavy atom. The molecular formula is C16H22N2O2S. The fourth-order valence-electron chi connectivity index (χ4n) is 2.25. The van der Waals surface area contributed by atoms with Gasteiger partial charge in [0.25, 0.3) is 0 Å². The molecule has 2 aromatic carbocycles. The van der Waals surface area contributed by atoms with Gasteiger partial charge >= 0.3 is 0 Å². The number of hydrogen-bond acceptors (Lipinski definition) is 3. The summed E-state index contributed by atoms with van der Waals surface area (Å²) in [5, 5.41) is 1.97. The summed E-state index contributed by atoms with van der Waals surface area (Å²) in [6, 6.07) is 12.9. The minimum absolute atomic E-state index is 0.322. The first kappa shape index (κ1) is 15.9. The highest BCUT2D eigenvalue weighted by molar-refractivity contribution is 7.89. The fraction of sp³-hybridized carbons (Fsp3) is 0.375. The van der Waals surface area contributed by atoms with Crippen LogP contribution < -0.4 is 10.5 Å². The summed E-state index contributed by atoms with van der Waals surface area (Å²) in [7, 11) is -3.42. The van der Waals surface area contributed by atoms with E-state index >= 15 is 0 Å². The van der Waals surface area contributed by atoms with Crippen LogP contribution in [0.5, 0.6) is 0 Å². The van der Waals surface area contributed by atoms with Crippen molar-refractivity contribution in [3.63, 3.8) is 0 Å². The van der Waals surface area contributed by atoms with Crippen LogP contribution in [0.3, 0.4) is 0 Å². The molecule has 0 saturated heterocycles. The quantitative estimate of drug-likeness (QED) is 0.736. The third kappa shape index (κ3) is 4.52. The van der Waals surface area contributed by atoms with E-state index in [1.54, 1.807) is 12.1 Å². The topological polar surface area (TPSA) is 72.2 Å². The van der Waals surface area contributed by atoms with Crippen molar-refractivity contribution in [2.24, 2.45) is 5.73 Å². The Labute approximate surface area is 126 Å². The minimum atomic E-state index is -3.42. The van der Waals surface area contributed by atoms with E-state index in [0.29, 0.717) is 18.0 Å². The van der Waals surface area contributed by atoms with Crippen LogP contribution in [0.15, 0.2) is 47.4 Å². The Kier molecular flexibility index (Phi) is 5.73. The van der Waals surface area contributed by atoms with Crippen molar-refractivity contribution < 1.29 is 8.42 Å². The molecule has 0 aliphatic carbocycles. The Bertz CT molecular complexity index is 683. The van der Waals surface area contributed by atoms with Crippen LogP contribution >= 0.6 is 0 Å². The number of sulfonamides is 1. The molecule has 0 radical (unpaired) electrons. The normalized spacial score (nSPS) is 11.9. The lowest BCUT2D eigenvalue weighted by Crippen LogP contribution is -2.24.